The first kappa shape index (κ1) is 11.5. The van der Waals surface area contributed by atoms with E-state index in [1.807, 2.05) is 0 Å². The number of alkyl halides is 1. The van der Waals surface area contributed by atoms with Crippen molar-refractivity contribution in [3.63, 3.8) is 0 Å². The minimum absolute atomic E-state index is 0.462. The highest BCUT2D eigenvalue weighted by Gasteiger charge is 2.34. The van der Waals surface area contributed by atoms with E-state index in [2.05, 4.69) is 46.0 Å². The van der Waals surface area contributed by atoms with Crippen LogP contribution in [0.2, 0.25) is 0 Å². The van der Waals surface area contributed by atoms with E-state index < -0.39 is 0 Å². The molecule has 3 rings (SSSR count). The number of morpholine rings is 1. The Morgan fingerprint density at radius 3 is 2.59 bits per heavy atom. The van der Waals surface area contributed by atoms with Gasteiger partial charge in [0.15, 0.2) is 0 Å². The number of nitrogens with zero attached hydrogens (tertiary/aromatic N) is 1. The fourth-order valence-corrected chi connectivity index (χ4v) is 3.32. The van der Waals surface area contributed by atoms with Crippen molar-refractivity contribution in [1.82, 2.24) is 0 Å². The first-order chi connectivity index (χ1) is 8.26. The number of hydrogen-bond donors (Lipinski definition) is 0. The summed E-state index contributed by atoms with van der Waals surface area (Å²) >= 11 is 3.51. The van der Waals surface area contributed by atoms with Crippen LogP contribution < -0.4 is 4.90 Å². The van der Waals surface area contributed by atoms with Crippen LogP contribution in [0.5, 0.6) is 0 Å². The molecule has 2 aliphatic heterocycles. The largest absolute Gasteiger partial charge is 0.371 e. The van der Waals surface area contributed by atoms with E-state index >= 15 is 0 Å². The molecule has 2 atom stereocenters. The number of ether oxygens (including phenoxy) is 1. The summed E-state index contributed by atoms with van der Waals surface area (Å²) in [6.45, 7) is 4.33. The molecule has 0 saturated carbocycles. The maximum absolute atomic E-state index is 5.88. The SMILES string of the molecule is Cc1cc(CBr)ccc1N1CC2CCC(C1)O2. The van der Waals surface area contributed by atoms with Crippen LogP contribution in [0.25, 0.3) is 0 Å². The molecule has 1 aromatic rings. The predicted molar refractivity (Wildman–Crippen MR) is 73.9 cm³/mol. The number of halogens is 1. The Morgan fingerprint density at radius 2 is 2.00 bits per heavy atom. The Kier molecular flexibility index (Phi) is 3.14. The van der Waals surface area contributed by atoms with Crippen LogP contribution in [0.1, 0.15) is 24.0 Å². The summed E-state index contributed by atoms with van der Waals surface area (Å²) in [6.07, 6.45) is 3.40. The first-order valence-electron chi connectivity index (χ1n) is 6.32. The van der Waals surface area contributed by atoms with E-state index in [-0.39, 0.29) is 0 Å². The minimum Gasteiger partial charge on any atom is -0.371 e. The zero-order valence-electron chi connectivity index (χ0n) is 10.2. The van der Waals surface area contributed by atoms with Gasteiger partial charge in [0.1, 0.15) is 0 Å². The molecule has 2 fully saturated rings. The van der Waals surface area contributed by atoms with Crippen molar-refractivity contribution in [2.75, 3.05) is 18.0 Å². The normalized spacial score (nSPS) is 27.5. The number of benzene rings is 1. The lowest BCUT2D eigenvalue weighted by Gasteiger charge is -2.34. The van der Waals surface area contributed by atoms with Crippen molar-refractivity contribution in [2.45, 2.75) is 37.3 Å². The summed E-state index contributed by atoms with van der Waals surface area (Å²) in [5.74, 6) is 0. The van der Waals surface area contributed by atoms with E-state index in [9.17, 15) is 0 Å². The molecule has 17 heavy (non-hydrogen) atoms. The molecule has 2 heterocycles. The first-order valence-corrected chi connectivity index (χ1v) is 7.44. The monoisotopic (exact) mass is 295 g/mol. The highest BCUT2D eigenvalue weighted by molar-refractivity contribution is 9.08. The molecule has 1 aromatic carbocycles. The maximum atomic E-state index is 5.88. The van der Waals surface area contributed by atoms with Gasteiger partial charge in [-0.1, -0.05) is 28.1 Å². The molecule has 0 aliphatic carbocycles. The molecule has 2 bridgehead atoms. The summed E-state index contributed by atoms with van der Waals surface area (Å²) < 4.78 is 5.88. The number of anilines is 1. The smallest absolute Gasteiger partial charge is 0.0755 e. The van der Waals surface area contributed by atoms with Gasteiger partial charge < -0.3 is 9.64 Å². The highest BCUT2D eigenvalue weighted by atomic mass is 79.9. The quantitative estimate of drug-likeness (QED) is 0.777. The summed E-state index contributed by atoms with van der Waals surface area (Å²) in [5, 5.41) is 0.933. The Bertz CT molecular complexity index is 409. The second kappa shape index (κ2) is 4.62. The summed E-state index contributed by atoms with van der Waals surface area (Å²) in [7, 11) is 0. The van der Waals surface area contributed by atoms with Crippen LogP contribution >= 0.6 is 15.9 Å². The van der Waals surface area contributed by atoms with Gasteiger partial charge in [0, 0.05) is 24.1 Å². The Balaban J connectivity index is 1.84. The fraction of sp³-hybridized carbons (Fsp3) is 0.571. The van der Waals surface area contributed by atoms with E-state index in [4.69, 9.17) is 4.74 Å². The second-order valence-corrected chi connectivity index (χ2v) is 5.68. The summed E-state index contributed by atoms with van der Waals surface area (Å²) in [4.78, 5) is 2.50. The molecule has 2 aliphatic rings. The van der Waals surface area contributed by atoms with Crippen LogP contribution in [0.3, 0.4) is 0 Å². The van der Waals surface area contributed by atoms with Gasteiger partial charge >= 0.3 is 0 Å². The molecule has 0 N–H and O–H groups in total. The lowest BCUT2D eigenvalue weighted by Crippen LogP contribution is -2.42. The third kappa shape index (κ3) is 2.23. The zero-order valence-corrected chi connectivity index (χ0v) is 11.7. The van der Waals surface area contributed by atoms with Crippen molar-refractivity contribution in [3.8, 4) is 0 Å². The van der Waals surface area contributed by atoms with Gasteiger partial charge in [0.05, 0.1) is 12.2 Å². The summed E-state index contributed by atoms with van der Waals surface area (Å²) in [6, 6.07) is 6.76. The van der Waals surface area contributed by atoms with Gasteiger partial charge in [-0.2, -0.15) is 0 Å². The minimum atomic E-state index is 0.462. The number of rotatable bonds is 2. The average Bonchev–Trinajstić information content (AvgIpc) is 2.68. The molecule has 2 saturated heterocycles. The van der Waals surface area contributed by atoms with Gasteiger partial charge in [0.2, 0.25) is 0 Å². The van der Waals surface area contributed by atoms with Crippen molar-refractivity contribution in [3.05, 3.63) is 29.3 Å². The molecule has 2 nitrogen and oxygen atoms in total. The molecule has 0 aromatic heterocycles. The van der Waals surface area contributed by atoms with Crippen molar-refractivity contribution in [2.24, 2.45) is 0 Å². The molecule has 3 heteroatoms. The van der Waals surface area contributed by atoms with E-state index in [0.717, 1.165) is 18.4 Å². The zero-order chi connectivity index (χ0) is 11.8. The molecule has 2 unspecified atom stereocenters. The Morgan fingerprint density at radius 1 is 1.29 bits per heavy atom. The summed E-state index contributed by atoms with van der Waals surface area (Å²) in [5.41, 5.74) is 4.11. The van der Waals surface area contributed by atoms with Crippen molar-refractivity contribution >= 4 is 21.6 Å². The maximum Gasteiger partial charge on any atom is 0.0755 e. The highest BCUT2D eigenvalue weighted by Crippen LogP contribution is 2.31. The molecule has 0 radical (unpaired) electrons. The van der Waals surface area contributed by atoms with Gasteiger partial charge in [-0.15, -0.1) is 0 Å². The van der Waals surface area contributed by atoms with Crippen molar-refractivity contribution < 1.29 is 4.74 Å². The van der Waals surface area contributed by atoms with E-state index in [1.54, 1.807) is 0 Å². The molecule has 0 spiro atoms. The van der Waals surface area contributed by atoms with E-state index in [0.29, 0.717) is 12.2 Å². The fourth-order valence-electron chi connectivity index (χ4n) is 2.97. The molecular weight excluding hydrogens is 278 g/mol. The average molecular weight is 296 g/mol. The number of aryl methyl sites for hydroxylation is 1. The topological polar surface area (TPSA) is 12.5 Å². The van der Waals surface area contributed by atoms with Crippen LogP contribution in [0, 0.1) is 6.92 Å². The number of fused-ring (bicyclic) bond motifs is 2. The predicted octanol–water partition coefficient (Wildman–Crippen LogP) is 3.26. The molecular formula is C14H18BrNO. The van der Waals surface area contributed by atoms with E-state index in [1.165, 1.54) is 29.7 Å². The number of hydrogen-bond acceptors (Lipinski definition) is 2. The Labute approximate surface area is 111 Å². The lowest BCUT2D eigenvalue weighted by molar-refractivity contribution is 0.0304. The second-order valence-electron chi connectivity index (χ2n) is 5.12. The van der Waals surface area contributed by atoms with Gasteiger partial charge in [-0.3, -0.25) is 0 Å². The standard InChI is InChI=1S/C14H18BrNO/c1-10-6-11(7-15)2-5-14(10)16-8-12-3-4-13(9-16)17-12/h2,5-6,12-13H,3-4,7-9H2,1H3. The van der Waals surface area contributed by atoms with Gasteiger partial charge in [-0.25, -0.2) is 0 Å². The third-order valence-corrected chi connectivity index (χ3v) is 4.45. The van der Waals surface area contributed by atoms with Crippen LogP contribution in [-0.4, -0.2) is 25.3 Å². The lowest BCUT2D eigenvalue weighted by atomic mass is 10.1. The Hall–Kier alpha value is -0.540. The van der Waals surface area contributed by atoms with Crippen molar-refractivity contribution in [1.29, 1.82) is 0 Å². The molecule has 92 valence electrons. The third-order valence-electron chi connectivity index (χ3n) is 3.80. The van der Waals surface area contributed by atoms with Gasteiger partial charge in [0.25, 0.3) is 0 Å². The van der Waals surface area contributed by atoms with Gasteiger partial charge in [-0.05, 0) is 37.0 Å². The molecule has 0 amide bonds. The van der Waals surface area contributed by atoms with Crippen LogP contribution in [-0.2, 0) is 10.1 Å². The van der Waals surface area contributed by atoms with Crippen LogP contribution in [0.15, 0.2) is 18.2 Å². The van der Waals surface area contributed by atoms with Crippen LogP contribution in [0.4, 0.5) is 5.69 Å².